The third-order valence-electron chi connectivity index (χ3n) is 3.50. The molecule has 1 aromatic rings. The molecule has 0 heterocycles. The third-order valence-corrected chi connectivity index (χ3v) is 3.80. The molecule has 0 aromatic heterocycles. The van der Waals surface area contributed by atoms with Gasteiger partial charge in [0.2, 0.25) is 0 Å². The molecule has 1 N–H and O–H groups in total. The first kappa shape index (κ1) is 16.7. The van der Waals surface area contributed by atoms with E-state index in [0.29, 0.717) is 6.54 Å². The Labute approximate surface area is 124 Å². The highest BCUT2D eigenvalue weighted by Gasteiger charge is 2.21. The molecule has 0 saturated heterocycles. The zero-order chi connectivity index (χ0) is 15.3. The lowest BCUT2D eigenvalue weighted by molar-refractivity contribution is -0.384. The van der Waals surface area contributed by atoms with E-state index in [-0.39, 0.29) is 23.4 Å². The van der Waals surface area contributed by atoms with Gasteiger partial charge in [0.05, 0.1) is 11.5 Å². The van der Waals surface area contributed by atoms with E-state index >= 15 is 0 Å². The van der Waals surface area contributed by atoms with Gasteiger partial charge in [-0.1, -0.05) is 25.4 Å². The Morgan fingerprint density at radius 3 is 2.45 bits per heavy atom. The van der Waals surface area contributed by atoms with E-state index in [9.17, 15) is 15.2 Å². The van der Waals surface area contributed by atoms with Crippen LogP contribution in [0.25, 0.3) is 0 Å². The molecule has 6 heteroatoms. The maximum absolute atomic E-state index is 10.9. The number of hydrogen-bond donors (Lipinski definition) is 1. The second kappa shape index (κ2) is 7.45. The number of aliphatic hydroxyl groups is 1. The van der Waals surface area contributed by atoms with Gasteiger partial charge in [0.25, 0.3) is 5.69 Å². The van der Waals surface area contributed by atoms with Crippen molar-refractivity contribution in [3.05, 3.63) is 32.8 Å². The Hall–Kier alpha value is -1.33. The first-order valence-corrected chi connectivity index (χ1v) is 7.16. The lowest BCUT2D eigenvalue weighted by atomic mass is 10.1. The van der Waals surface area contributed by atoms with Crippen LogP contribution in [0.15, 0.2) is 12.1 Å². The SMILES string of the molecule is CCC(CC)N(CCO)c1cc(Cl)c([N+](=O)[O-])cc1C. The quantitative estimate of drug-likeness (QED) is 0.618. The molecule has 0 aliphatic rings. The maximum atomic E-state index is 10.9. The number of aliphatic hydroxyl groups excluding tert-OH is 1. The number of hydrogen-bond acceptors (Lipinski definition) is 4. The van der Waals surface area contributed by atoms with Gasteiger partial charge in [-0.15, -0.1) is 0 Å². The van der Waals surface area contributed by atoms with Crippen molar-refractivity contribution in [2.75, 3.05) is 18.1 Å². The van der Waals surface area contributed by atoms with Crippen molar-refractivity contribution in [1.29, 1.82) is 0 Å². The average Bonchev–Trinajstić information content (AvgIpc) is 2.41. The van der Waals surface area contributed by atoms with Gasteiger partial charge in [-0.25, -0.2) is 0 Å². The highest BCUT2D eigenvalue weighted by atomic mass is 35.5. The zero-order valence-electron chi connectivity index (χ0n) is 12.1. The van der Waals surface area contributed by atoms with E-state index in [1.807, 2.05) is 6.92 Å². The molecule has 0 amide bonds. The Balaban J connectivity index is 3.27. The number of halogens is 1. The molecular formula is C14H21ClN2O3. The largest absolute Gasteiger partial charge is 0.395 e. The van der Waals surface area contributed by atoms with Crippen LogP contribution in [0.4, 0.5) is 11.4 Å². The molecular weight excluding hydrogens is 280 g/mol. The summed E-state index contributed by atoms with van der Waals surface area (Å²) in [6.45, 7) is 6.51. The van der Waals surface area contributed by atoms with E-state index in [1.54, 1.807) is 6.07 Å². The fraction of sp³-hybridized carbons (Fsp3) is 0.571. The van der Waals surface area contributed by atoms with Gasteiger partial charge in [0.15, 0.2) is 0 Å². The van der Waals surface area contributed by atoms with Crippen LogP contribution in [-0.2, 0) is 0 Å². The van der Waals surface area contributed by atoms with Crippen molar-refractivity contribution in [1.82, 2.24) is 0 Å². The fourth-order valence-electron chi connectivity index (χ4n) is 2.44. The van der Waals surface area contributed by atoms with Crippen LogP contribution in [0.3, 0.4) is 0 Å². The molecule has 5 nitrogen and oxygen atoms in total. The second-order valence-corrected chi connectivity index (χ2v) is 5.14. The van der Waals surface area contributed by atoms with Gasteiger partial charge in [0.1, 0.15) is 5.02 Å². The minimum atomic E-state index is -0.480. The molecule has 0 fully saturated rings. The van der Waals surface area contributed by atoms with Crippen LogP contribution in [0.5, 0.6) is 0 Å². The van der Waals surface area contributed by atoms with E-state index < -0.39 is 4.92 Å². The monoisotopic (exact) mass is 300 g/mol. The van der Waals surface area contributed by atoms with Gasteiger partial charge >= 0.3 is 0 Å². The van der Waals surface area contributed by atoms with Gasteiger partial charge < -0.3 is 10.0 Å². The molecule has 112 valence electrons. The van der Waals surface area contributed by atoms with Crippen molar-refractivity contribution in [2.24, 2.45) is 0 Å². The minimum absolute atomic E-state index is 0.0323. The summed E-state index contributed by atoms with van der Waals surface area (Å²) in [7, 11) is 0. The summed E-state index contributed by atoms with van der Waals surface area (Å²) in [6.07, 6.45) is 1.87. The smallest absolute Gasteiger partial charge is 0.288 e. The highest BCUT2D eigenvalue weighted by Crippen LogP contribution is 2.34. The molecule has 20 heavy (non-hydrogen) atoms. The summed E-state index contributed by atoms with van der Waals surface area (Å²) in [5.74, 6) is 0. The van der Waals surface area contributed by atoms with Crippen LogP contribution in [0.1, 0.15) is 32.3 Å². The number of rotatable bonds is 7. The van der Waals surface area contributed by atoms with Crippen LogP contribution in [0.2, 0.25) is 5.02 Å². The summed E-state index contributed by atoms with van der Waals surface area (Å²) in [6, 6.07) is 3.39. The minimum Gasteiger partial charge on any atom is -0.395 e. The van der Waals surface area contributed by atoms with Crippen molar-refractivity contribution < 1.29 is 10.0 Å². The molecule has 0 aliphatic carbocycles. The summed E-state index contributed by atoms with van der Waals surface area (Å²) in [4.78, 5) is 12.5. The molecule has 0 aliphatic heterocycles. The second-order valence-electron chi connectivity index (χ2n) is 4.73. The van der Waals surface area contributed by atoms with E-state index in [0.717, 1.165) is 24.1 Å². The number of aryl methyl sites for hydroxylation is 1. The molecule has 0 atom stereocenters. The van der Waals surface area contributed by atoms with E-state index in [1.165, 1.54) is 6.07 Å². The Morgan fingerprint density at radius 2 is 2.00 bits per heavy atom. The lowest BCUT2D eigenvalue weighted by Gasteiger charge is -2.33. The fourth-order valence-corrected chi connectivity index (χ4v) is 2.67. The number of benzene rings is 1. The Morgan fingerprint density at radius 1 is 1.40 bits per heavy atom. The first-order chi connectivity index (χ1) is 9.46. The number of anilines is 1. The summed E-state index contributed by atoms with van der Waals surface area (Å²) < 4.78 is 0. The highest BCUT2D eigenvalue weighted by molar-refractivity contribution is 6.33. The Kier molecular flexibility index (Phi) is 6.23. The molecule has 1 aromatic carbocycles. The van der Waals surface area contributed by atoms with Gasteiger partial charge in [-0.3, -0.25) is 10.1 Å². The summed E-state index contributed by atoms with van der Waals surface area (Å²) in [5, 5.41) is 20.3. The van der Waals surface area contributed by atoms with Crippen LogP contribution < -0.4 is 4.90 Å². The molecule has 0 saturated carbocycles. The third kappa shape index (κ3) is 3.61. The van der Waals surface area contributed by atoms with Gasteiger partial charge in [-0.05, 0) is 31.4 Å². The normalized spacial score (nSPS) is 10.9. The molecule has 0 unspecified atom stereocenters. The van der Waals surface area contributed by atoms with Crippen LogP contribution >= 0.6 is 11.6 Å². The predicted octanol–water partition coefficient (Wildman–Crippen LogP) is 3.54. The molecule has 1 rings (SSSR count). The topological polar surface area (TPSA) is 66.6 Å². The van der Waals surface area contributed by atoms with E-state index in [2.05, 4.69) is 18.7 Å². The van der Waals surface area contributed by atoms with Gasteiger partial charge in [-0.2, -0.15) is 0 Å². The van der Waals surface area contributed by atoms with Crippen molar-refractivity contribution in [3.63, 3.8) is 0 Å². The van der Waals surface area contributed by atoms with Gasteiger partial charge in [0, 0.05) is 24.3 Å². The van der Waals surface area contributed by atoms with Crippen molar-refractivity contribution >= 4 is 23.0 Å². The number of nitro groups is 1. The lowest BCUT2D eigenvalue weighted by Crippen LogP contribution is -2.37. The maximum Gasteiger partial charge on any atom is 0.288 e. The summed E-state index contributed by atoms with van der Waals surface area (Å²) in [5.41, 5.74) is 1.56. The van der Waals surface area contributed by atoms with E-state index in [4.69, 9.17) is 11.6 Å². The number of nitro benzene ring substituents is 1. The standard InChI is InChI=1S/C14H21ClN2O3/c1-4-11(5-2)16(6-7-18)13-9-12(15)14(17(19)20)8-10(13)3/h8-9,11,18H,4-7H2,1-3H3. The van der Waals surface area contributed by atoms with Crippen molar-refractivity contribution in [3.8, 4) is 0 Å². The predicted molar refractivity (Wildman–Crippen MR) is 81.6 cm³/mol. The van der Waals surface area contributed by atoms with Crippen LogP contribution in [0, 0.1) is 17.0 Å². The number of nitrogens with zero attached hydrogens (tertiary/aromatic N) is 2. The molecule has 0 spiro atoms. The average molecular weight is 301 g/mol. The molecule has 0 bridgehead atoms. The molecule has 0 radical (unpaired) electrons. The zero-order valence-corrected chi connectivity index (χ0v) is 12.9. The first-order valence-electron chi connectivity index (χ1n) is 6.78. The van der Waals surface area contributed by atoms with Crippen LogP contribution in [-0.4, -0.2) is 29.2 Å². The van der Waals surface area contributed by atoms with Crippen molar-refractivity contribution in [2.45, 2.75) is 39.7 Å². The Bertz CT molecular complexity index is 476. The summed E-state index contributed by atoms with van der Waals surface area (Å²) >= 11 is 6.00.